The molecule has 0 heteroatoms. The molecule has 0 aliphatic rings. The first kappa shape index (κ1) is 11.0. The van der Waals surface area contributed by atoms with Gasteiger partial charge in [0.25, 0.3) is 0 Å². The fraction of sp³-hybridized carbons (Fsp3) is 0.429. The predicted octanol–water partition coefficient (Wildman–Crippen LogP) is 4.53. The molecule has 0 aliphatic heterocycles. The van der Waals surface area contributed by atoms with E-state index in [-0.39, 0.29) is 0 Å². The van der Waals surface area contributed by atoms with Crippen molar-refractivity contribution < 1.29 is 0 Å². The molecule has 0 fully saturated rings. The summed E-state index contributed by atoms with van der Waals surface area (Å²) in [6, 6.07) is 10.5. The van der Waals surface area contributed by atoms with Gasteiger partial charge in [0.1, 0.15) is 0 Å². The Kier molecular flexibility index (Phi) is 4.45. The number of hydrogen-bond acceptors (Lipinski definition) is 0. The average molecular weight is 188 g/mol. The normalized spacial score (nSPS) is 12.4. The van der Waals surface area contributed by atoms with Crippen molar-refractivity contribution >= 4 is 5.57 Å². The van der Waals surface area contributed by atoms with Gasteiger partial charge in [-0.3, -0.25) is 0 Å². The van der Waals surface area contributed by atoms with E-state index >= 15 is 0 Å². The topological polar surface area (TPSA) is 0 Å². The molecule has 0 heterocycles. The first-order valence-corrected chi connectivity index (χ1v) is 5.47. The maximum atomic E-state index is 4.13. The van der Waals surface area contributed by atoms with Gasteiger partial charge in [0, 0.05) is 0 Å². The van der Waals surface area contributed by atoms with Crippen LogP contribution in [-0.2, 0) is 0 Å². The van der Waals surface area contributed by atoms with Crippen molar-refractivity contribution in [2.45, 2.75) is 33.1 Å². The van der Waals surface area contributed by atoms with Crippen molar-refractivity contribution in [1.29, 1.82) is 0 Å². The zero-order chi connectivity index (χ0) is 10.4. The predicted molar refractivity (Wildman–Crippen MR) is 64.2 cm³/mol. The molecule has 0 aliphatic carbocycles. The highest BCUT2D eigenvalue weighted by Crippen LogP contribution is 2.21. The van der Waals surface area contributed by atoms with Crippen LogP contribution in [0.2, 0.25) is 0 Å². The van der Waals surface area contributed by atoms with E-state index < -0.39 is 0 Å². The molecule has 1 unspecified atom stereocenters. The van der Waals surface area contributed by atoms with Gasteiger partial charge in [0.15, 0.2) is 0 Å². The largest absolute Gasteiger partial charge is 0.0952 e. The van der Waals surface area contributed by atoms with Crippen LogP contribution in [0.3, 0.4) is 0 Å². The third kappa shape index (κ3) is 3.37. The van der Waals surface area contributed by atoms with Crippen LogP contribution in [0.25, 0.3) is 5.57 Å². The lowest BCUT2D eigenvalue weighted by Gasteiger charge is -2.10. The fourth-order valence-corrected chi connectivity index (χ4v) is 1.44. The third-order valence-corrected chi connectivity index (χ3v) is 2.82. The molecule has 0 radical (unpaired) electrons. The molecule has 0 aromatic heterocycles. The number of allylic oxidation sites excluding steroid dienone is 1. The summed E-state index contributed by atoms with van der Waals surface area (Å²) in [5.41, 5.74) is 2.56. The Hall–Kier alpha value is -1.04. The van der Waals surface area contributed by atoms with Crippen LogP contribution in [0.15, 0.2) is 36.9 Å². The Morgan fingerprint density at radius 2 is 1.93 bits per heavy atom. The van der Waals surface area contributed by atoms with Gasteiger partial charge in [0.2, 0.25) is 0 Å². The molecule has 0 amide bonds. The zero-order valence-electron chi connectivity index (χ0n) is 9.29. The quantitative estimate of drug-likeness (QED) is 0.637. The van der Waals surface area contributed by atoms with E-state index in [0.29, 0.717) is 0 Å². The van der Waals surface area contributed by atoms with E-state index in [9.17, 15) is 0 Å². The molecule has 1 aromatic rings. The lowest BCUT2D eigenvalue weighted by molar-refractivity contribution is 0.525. The van der Waals surface area contributed by atoms with Crippen molar-refractivity contribution in [3.8, 4) is 0 Å². The van der Waals surface area contributed by atoms with Crippen LogP contribution >= 0.6 is 0 Å². The second-order valence-corrected chi connectivity index (χ2v) is 4.02. The van der Waals surface area contributed by atoms with Crippen LogP contribution < -0.4 is 0 Å². The Bertz CT molecular complexity index is 271. The van der Waals surface area contributed by atoms with Gasteiger partial charge in [-0.2, -0.15) is 0 Å². The second kappa shape index (κ2) is 5.64. The van der Waals surface area contributed by atoms with Gasteiger partial charge in [0.05, 0.1) is 0 Å². The first-order chi connectivity index (χ1) is 6.74. The SMILES string of the molecule is C=C(CCC(C)CC)c1ccccc1. The van der Waals surface area contributed by atoms with Crippen LogP contribution in [0.5, 0.6) is 0 Å². The summed E-state index contributed by atoms with van der Waals surface area (Å²) in [4.78, 5) is 0. The molecule has 1 rings (SSSR count). The molecule has 14 heavy (non-hydrogen) atoms. The smallest absolute Gasteiger partial charge is 0.0230 e. The molecule has 0 nitrogen and oxygen atoms in total. The lowest BCUT2D eigenvalue weighted by atomic mass is 9.96. The van der Waals surface area contributed by atoms with Gasteiger partial charge in [-0.05, 0) is 29.9 Å². The number of rotatable bonds is 5. The first-order valence-electron chi connectivity index (χ1n) is 5.47. The minimum absolute atomic E-state index is 0.815. The van der Waals surface area contributed by atoms with Crippen molar-refractivity contribution in [2.75, 3.05) is 0 Å². The number of hydrogen-bond donors (Lipinski definition) is 0. The molecule has 0 saturated heterocycles. The van der Waals surface area contributed by atoms with Gasteiger partial charge < -0.3 is 0 Å². The minimum Gasteiger partial charge on any atom is -0.0952 e. The monoisotopic (exact) mass is 188 g/mol. The van der Waals surface area contributed by atoms with Crippen LogP contribution in [0.1, 0.15) is 38.7 Å². The van der Waals surface area contributed by atoms with Crippen LogP contribution in [-0.4, -0.2) is 0 Å². The van der Waals surface area contributed by atoms with Crippen molar-refractivity contribution in [3.63, 3.8) is 0 Å². The van der Waals surface area contributed by atoms with Crippen LogP contribution in [0.4, 0.5) is 0 Å². The van der Waals surface area contributed by atoms with E-state index in [1.807, 2.05) is 6.07 Å². The summed E-state index contributed by atoms with van der Waals surface area (Å²) in [6.07, 6.45) is 3.64. The Labute approximate surface area is 87.7 Å². The Morgan fingerprint density at radius 1 is 1.29 bits per heavy atom. The summed E-state index contributed by atoms with van der Waals surface area (Å²) < 4.78 is 0. The van der Waals surface area contributed by atoms with Crippen molar-refractivity contribution in [2.24, 2.45) is 5.92 Å². The zero-order valence-corrected chi connectivity index (χ0v) is 9.29. The Morgan fingerprint density at radius 3 is 2.50 bits per heavy atom. The highest BCUT2D eigenvalue weighted by atomic mass is 14.1. The van der Waals surface area contributed by atoms with Gasteiger partial charge in [-0.15, -0.1) is 0 Å². The highest BCUT2D eigenvalue weighted by Gasteiger charge is 2.02. The van der Waals surface area contributed by atoms with Gasteiger partial charge in [-0.25, -0.2) is 0 Å². The molecule has 0 bridgehead atoms. The fourth-order valence-electron chi connectivity index (χ4n) is 1.44. The summed E-state index contributed by atoms with van der Waals surface area (Å²) in [7, 11) is 0. The molecule has 76 valence electrons. The molecule has 0 saturated carbocycles. The van der Waals surface area contributed by atoms with Crippen LogP contribution in [0, 0.1) is 5.92 Å². The summed E-state index contributed by atoms with van der Waals surface area (Å²) in [5, 5.41) is 0. The molecule has 0 spiro atoms. The van der Waals surface area contributed by atoms with Gasteiger partial charge >= 0.3 is 0 Å². The maximum Gasteiger partial charge on any atom is -0.0230 e. The highest BCUT2D eigenvalue weighted by molar-refractivity contribution is 5.62. The molecular formula is C14H20. The summed E-state index contributed by atoms with van der Waals surface area (Å²) >= 11 is 0. The van der Waals surface area contributed by atoms with E-state index in [1.54, 1.807) is 0 Å². The van der Waals surface area contributed by atoms with E-state index in [1.165, 1.54) is 24.0 Å². The minimum atomic E-state index is 0.815. The van der Waals surface area contributed by atoms with Crippen molar-refractivity contribution in [3.05, 3.63) is 42.5 Å². The van der Waals surface area contributed by atoms with E-state index in [0.717, 1.165) is 12.3 Å². The standard InChI is InChI=1S/C14H20/c1-4-12(2)10-11-13(3)14-8-6-5-7-9-14/h5-9,12H,3-4,10-11H2,1-2H3. The van der Waals surface area contributed by atoms with Gasteiger partial charge in [-0.1, -0.05) is 57.2 Å². The third-order valence-electron chi connectivity index (χ3n) is 2.82. The molecular weight excluding hydrogens is 168 g/mol. The summed E-state index contributed by atoms with van der Waals surface area (Å²) in [6.45, 7) is 8.68. The lowest BCUT2D eigenvalue weighted by Crippen LogP contribution is -1.92. The Balaban J connectivity index is 2.44. The molecule has 1 aromatic carbocycles. The van der Waals surface area contributed by atoms with Crippen molar-refractivity contribution in [1.82, 2.24) is 0 Å². The maximum absolute atomic E-state index is 4.13. The van der Waals surface area contributed by atoms with E-state index in [4.69, 9.17) is 0 Å². The number of benzene rings is 1. The van der Waals surface area contributed by atoms with E-state index in [2.05, 4.69) is 44.7 Å². The average Bonchev–Trinajstić information content (AvgIpc) is 2.26. The second-order valence-electron chi connectivity index (χ2n) is 4.02. The molecule has 1 atom stereocenters. The molecule has 0 N–H and O–H groups in total. The summed E-state index contributed by atoms with van der Waals surface area (Å²) in [5.74, 6) is 0.815.